The topological polar surface area (TPSA) is 85.9 Å². The summed E-state index contributed by atoms with van der Waals surface area (Å²) in [7, 11) is 2.79. The first-order valence-electron chi connectivity index (χ1n) is 8.10. The van der Waals surface area contributed by atoms with Crippen molar-refractivity contribution in [2.45, 2.75) is 13.0 Å². The smallest absolute Gasteiger partial charge is 0.329 e. The molecule has 0 aromatic heterocycles. The lowest BCUT2D eigenvalue weighted by molar-refractivity contribution is -0.143. The molecule has 0 radical (unpaired) electrons. The summed E-state index contributed by atoms with van der Waals surface area (Å²) in [6.07, 6.45) is 0. The molecule has 0 saturated carbocycles. The van der Waals surface area contributed by atoms with Crippen LogP contribution in [0, 0.1) is 0 Å². The molecular weight excluding hydrogens is 336 g/mol. The molecule has 0 bridgehead atoms. The third kappa shape index (κ3) is 4.73. The summed E-state index contributed by atoms with van der Waals surface area (Å²) in [6.45, 7) is 2.35. The number of amides is 1. The molecule has 138 valence electrons. The van der Waals surface area contributed by atoms with Crippen molar-refractivity contribution in [1.82, 2.24) is 10.9 Å². The molecule has 2 aromatic rings. The Morgan fingerprint density at radius 3 is 2.38 bits per heavy atom. The second kappa shape index (κ2) is 9.43. The lowest BCUT2D eigenvalue weighted by Gasteiger charge is -2.18. The van der Waals surface area contributed by atoms with E-state index in [1.807, 2.05) is 13.0 Å². The van der Waals surface area contributed by atoms with E-state index in [-0.39, 0.29) is 0 Å². The summed E-state index contributed by atoms with van der Waals surface area (Å²) in [5.74, 6) is 0.0697. The zero-order valence-corrected chi connectivity index (χ0v) is 14.9. The third-order valence-electron chi connectivity index (χ3n) is 3.63. The van der Waals surface area contributed by atoms with E-state index in [0.29, 0.717) is 29.2 Å². The van der Waals surface area contributed by atoms with Gasteiger partial charge in [0.25, 0.3) is 5.91 Å². The summed E-state index contributed by atoms with van der Waals surface area (Å²) in [4.78, 5) is 24.4. The van der Waals surface area contributed by atoms with Gasteiger partial charge in [-0.2, -0.15) is 0 Å². The van der Waals surface area contributed by atoms with Crippen LogP contribution in [0.5, 0.6) is 11.5 Å². The molecule has 0 fully saturated rings. The Kier molecular flexibility index (Phi) is 6.99. The van der Waals surface area contributed by atoms with Crippen LogP contribution in [-0.4, -0.2) is 32.7 Å². The molecule has 2 aromatic carbocycles. The minimum absolute atomic E-state index is 0.356. The van der Waals surface area contributed by atoms with Crippen molar-refractivity contribution >= 4 is 11.9 Å². The summed E-state index contributed by atoms with van der Waals surface area (Å²) in [5, 5.41) is 0. The van der Waals surface area contributed by atoms with E-state index in [1.165, 1.54) is 14.2 Å². The highest BCUT2D eigenvalue weighted by Gasteiger charge is 2.22. The predicted octanol–water partition coefficient (Wildman–Crippen LogP) is 2.24. The van der Waals surface area contributed by atoms with Crippen molar-refractivity contribution in [3.05, 3.63) is 59.7 Å². The number of ether oxygens (including phenoxy) is 3. The van der Waals surface area contributed by atoms with Crippen molar-refractivity contribution in [1.29, 1.82) is 0 Å². The van der Waals surface area contributed by atoms with E-state index in [9.17, 15) is 9.59 Å². The number of hydrazine groups is 1. The number of hydrogen-bond acceptors (Lipinski definition) is 6. The van der Waals surface area contributed by atoms with E-state index in [4.69, 9.17) is 14.2 Å². The van der Waals surface area contributed by atoms with Crippen LogP contribution in [0.2, 0.25) is 0 Å². The molecule has 2 rings (SSSR count). The van der Waals surface area contributed by atoms with Crippen molar-refractivity contribution < 1.29 is 23.8 Å². The van der Waals surface area contributed by atoms with Gasteiger partial charge in [-0.1, -0.05) is 30.3 Å². The average molecular weight is 358 g/mol. The van der Waals surface area contributed by atoms with Crippen LogP contribution >= 0.6 is 0 Å². The lowest BCUT2D eigenvalue weighted by atomic mass is 10.1. The number of carbonyl (C=O) groups excluding carboxylic acids is 2. The zero-order valence-electron chi connectivity index (χ0n) is 14.9. The average Bonchev–Trinajstić information content (AvgIpc) is 2.69. The summed E-state index contributed by atoms with van der Waals surface area (Å²) < 4.78 is 15.5. The van der Waals surface area contributed by atoms with E-state index in [1.54, 1.807) is 42.5 Å². The van der Waals surface area contributed by atoms with Crippen molar-refractivity contribution in [2.24, 2.45) is 0 Å². The van der Waals surface area contributed by atoms with E-state index < -0.39 is 17.9 Å². The highest BCUT2D eigenvalue weighted by atomic mass is 16.5. The van der Waals surface area contributed by atoms with Gasteiger partial charge in [-0.15, -0.1) is 0 Å². The molecule has 0 heterocycles. The van der Waals surface area contributed by atoms with Crippen LogP contribution in [0.25, 0.3) is 0 Å². The van der Waals surface area contributed by atoms with Gasteiger partial charge in [0, 0.05) is 5.56 Å². The molecule has 1 atom stereocenters. The Morgan fingerprint density at radius 1 is 1.04 bits per heavy atom. The fourth-order valence-electron chi connectivity index (χ4n) is 2.34. The Bertz CT molecular complexity index is 749. The van der Waals surface area contributed by atoms with Crippen molar-refractivity contribution in [2.75, 3.05) is 20.8 Å². The summed E-state index contributed by atoms with van der Waals surface area (Å²) in [6, 6.07) is 13.0. The van der Waals surface area contributed by atoms with Gasteiger partial charge in [-0.25, -0.2) is 10.2 Å². The molecular formula is C19H22N2O5. The quantitative estimate of drug-likeness (QED) is 0.556. The number of methoxy groups -OCH3 is 2. The van der Waals surface area contributed by atoms with Crippen LogP contribution < -0.4 is 20.3 Å². The van der Waals surface area contributed by atoms with Gasteiger partial charge in [-0.05, 0) is 30.7 Å². The number of nitrogens with one attached hydrogen (secondary N) is 2. The van der Waals surface area contributed by atoms with Gasteiger partial charge < -0.3 is 14.2 Å². The van der Waals surface area contributed by atoms with Crippen molar-refractivity contribution in [3.8, 4) is 11.5 Å². The maximum absolute atomic E-state index is 12.4. The fourth-order valence-corrected chi connectivity index (χ4v) is 2.34. The molecule has 7 heteroatoms. The van der Waals surface area contributed by atoms with E-state index in [2.05, 4.69) is 10.9 Å². The van der Waals surface area contributed by atoms with Gasteiger partial charge in [0.05, 0.1) is 20.8 Å². The Balaban J connectivity index is 2.11. The number of esters is 1. The van der Waals surface area contributed by atoms with Crippen LogP contribution in [0.1, 0.15) is 28.9 Å². The third-order valence-corrected chi connectivity index (χ3v) is 3.63. The minimum Gasteiger partial charge on any atom is -0.493 e. The van der Waals surface area contributed by atoms with Crippen LogP contribution in [0.4, 0.5) is 0 Å². The highest BCUT2D eigenvalue weighted by molar-refractivity contribution is 5.94. The first-order valence-corrected chi connectivity index (χ1v) is 8.10. The standard InChI is InChI=1S/C19H22N2O5/c1-4-26-15-11-10-14(12-16(15)24-2)18(22)21-20-17(19(23)25-3)13-8-6-5-7-9-13/h5-12,17,20H,4H2,1-3H3,(H,21,22)/t17-/m1/s1. The number of benzene rings is 2. The normalized spacial score (nSPS) is 11.3. The number of hydrogen-bond donors (Lipinski definition) is 2. The van der Waals surface area contributed by atoms with Gasteiger partial charge in [0.1, 0.15) is 6.04 Å². The fraction of sp³-hybridized carbons (Fsp3) is 0.263. The van der Waals surface area contributed by atoms with Crippen LogP contribution in [-0.2, 0) is 9.53 Å². The SMILES string of the molecule is CCOc1ccc(C(=O)NN[C@@H](C(=O)OC)c2ccccc2)cc1OC. The molecule has 7 nitrogen and oxygen atoms in total. The number of carbonyl (C=O) groups is 2. The predicted molar refractivity (Wildman–Crippen MR) is 96.0 cm³/mol. The maximum atomic E-state index is 12.4. The Morgan fingerprint density at radius 2 is 1.77 bits per heavy atom. The molecule has 1 amide bonds. The summed E-state index contributed by atoms with van der Waals surface area (Å²) in [5.41, 5.74) is 6.27. The Hall–Kier alpha value is -3.06. The van der Waals surface area contributed by atoms with Gasteiger partial charge in [-0.3, -0.25) is 10.2 Å². The van der Waals surface area contributed by atoms with E-state index >= 15 is 0 Å². The first-order chi connectivity index (χ1) is 12.6. The maximum Gasteiger partial charge on any atom is 0.329 e. The molecule has 0 saturated heterocycles. The Labute approximate surface area is 152 Å². The van der Waals surface area contributed by atoms with Gasteiger partial charge in [0.2, 0.25) is 0 Å². The van der Waals surface area contributed by atoms with Crippen LogP contribution in [0.15, 0.2) is 48.5 Å². The molecule has 26 heavy (non-hydrogen) atoms. The highest BCUT2D eigenvalue weighted by Crippen LogP contribution is 2.28. The summed E-state index contributed by atoms with van der Waals surface area (Å²) >= 11 is 0. The molecule has 0 unspecified atom stereocenters. The second-order valence-electron chi connectivity index (χ2n) is 5.26. The second-order valence-corrected chi connectivity index (χ2v) is 5.26. The lowest BCUT2D eigenvalue weighted by Crippen LogP contribution is -2.43. The zero-order chi connectivity index (χ0) is 18.9. The monoisotopic (exact) mass is 358 g/mol. The largest absolute Gasteiger partial charge is 0.493 e. The van der Waals surface area contributed by atoms with Gasteiger partial charge >= 0.3 is 5.97 Å². The molecule has 0 spiro atoms. The number of rotatable bonds is 8. The first kappa shape index (κ1) is 19.3. The molecule has 0 aliphatic carbocycles. The van der Waals surface area contributed by atoms with Crippen molar-refractivity contribution in [3.63, 3.8) is 0 Å². The molecule has 0 aliphatic heterocycles. The van der Waals surface area contributed by atoms with Gasteiger partial charge in [0.15, 0.2) is 11.5 Å². The van der Waals surface area contributed by atoms with Crippen LogP contribution in [0.3, 0.4) is 0 Å². The molecule has 0 aliphatic rings. The van der Waals surface area contributed by atoms with E-state index in [0.717, 1.165) is 0 Å². The molecule has 2 N–H and O–H groups in total. The minimum atomic E-state index is -0.824.